The van der Waals surface area contributed by atoms with Gasteiger partial charge in [0.15, 0.2) is 0 Å². The molecule has 18 heavy (non-hydrogen) atoms. The summed E-state index contributed by atoms with van der Waals surface area (Å²) in [4.78, 5) is 4.32. The van der Waals surface area contributed by atoms with Crippen molar-refractivity contribution >= 4 is 0 Å². The third-order valence-corrected chi connectivity index (χ3v) is 3.59. The van der Waals surface area contributed by atoms with Crippen LogP contribution in [-0.4, -0.2) is 17.6 Å². The van der Waals surface area contributed by atoms with E-state index in [0.717, 1.165) is 12.3 Å². The Balaban J connectivity index is 2.20. The first kappa shape index (κ1) is 13.3. The second-order valence-corrected chi connectivity index (χ2v) is 5.65. The summed E-state index contributed by atoms with van der Waals surface area (Å²) in [7, 11) is 0. The summed E-state index contributed by atoms with van der Waals surface area (Å²) >= 11 is 0. The molecule has 1 aliphatic heterocycles. The van der Waals surface area contributed by atoms with Gasteiger partial charge in [-0.3, -0.25) is 4.98 Å². The summed E-state index contributed by atoms with van der Waals surface area (Å²) in [6, 6.07) is 2.13. The third kappa shape index (κ3) is 3.22. The molecule has 1 aliphatic rings. The van der Waals surface area contributed by atoms with Gasteiger partial charge in [0.2, 0.25) is 0 Å². The predicted molar refractivity (Wildman–Crippen MR) is 73.8 cm³/mol. The second-order valence-electron chi connectivity index (χ2n) is 5.65. The van der Waals surface area contributed by atoms with Gasteiger partial charge in [0.1, 0.15) is 5.75 Å². The molecule has 0 amide bonds. The van der Waals surface area contributed by atoms with E-state index >= 15 is 0 Å². The van der Waals surface area contributed by atoms with Gasteiger partial charge in [0.05, 0.1) is 12.3 Å². The Bertz CT molecular complexity index is 382. The van der Waals surface area contributed by atoms with Crippen LogP contribution in [0, 0.1) is 0 Å². The van der Waals surface area contributed by atoms with Crippen LogP contribution in [0.15, 0.2) is 18.5 Å². The van der Waals surface area contributed by atoms with Crippen LogP contribution in [0.1, 0.15) is 52.0 Å². The van der Waals surface area contributed by atoms with E-state index < -0.39 is 0 Å². The first-order chi connectivity index (χ1) is 8.60. The van der Waals surface area contributed by atoms with E-state index in [4.69, 9.17) is 4.74 Å². The van der Waals surface area contributed by atoms with Crippen LogP contribution in [-0.2, 0) is 5.54 Å². The molecular formula is C15H24N2O. The van der Waals surface area contributed by atoms with Gasteiger partial charge in [-0.15, -0.1) is 0 Å². The number of aromatic nitrogens is 1. The molecule has 1 atom stereocenters. The van der Waals surface area contributed by atoms with Crippen LogP contribution in [0.3, 0.4) is 0 Å². The van der Waals surface area contributed by atoms with Crippen molar-refractivity contribution in [2.75, 3.05) is 6.54 Å². The number of hydrogen-bond acceptors (Lipinski definition) is 3. The molecule has 1 unspecified atom stereocenters. The van der Waals surface area contributed by atoms with Crippen LogP contribution in [0.5, 0.6) is 5.75 Å². The van der Waals surface area contributed by atoms with Gasteiger partial charge in [0.25, 0.3) is 0 Å². The molecule has 0 spiro atoms. The van der Waals surface area contributed by atoms with E-state index in [0.29, 0.717) is 0 Å². The standard InChI is InChI=1S/C15H24N2O/c1-12(2)18-14-9-13(10-16-11-14)15(3)7-5-4-6-8-17-15/h9-12,17H,4-8H2,1-3H3. The number of ether oxygens (including phenoxy) is 1. The molecule has 3 nitrogen and oxygen atoms in total. The van der Waals surface area contributed by atoms with Gasteiger partial charge >= 0.3 is 0 Å². The Morgan fingerprint density at radius 3 is 2.89 bits per heavy atom. The third-order valence-electron chi connectivity index (χ3n) is 3.59. The van der Waals surface area contributed by atoms with Gasteiger partial charge in [0, 0.05) is 11.7 Å². The highest BCUT2D eigenvalue weighted by Crippen LogP contribution is 2.30. The van der Waals surface area contributed by atoms with Crippen molar-refractivity contribution in [3.63, 3.8) is 0 Å². The van der Waals surface area contributed by atoms with E-state index in [2.05, 4.69) is 23.3 Å². The second kappa shape index (κ2) is 5.70. The number of hydrogen-bond donors (Lipinski definition) is 1. The number of rotatable bonds is 3. The molecular weight excluding hydrogens is 224 g/mol. The summed E-state index contributed by atoms with van der Waals surface area (Å²) in [6.07, 6.45) is 8.98. The van der Waals surface area contributed by atoms with Crippen molar-refractivity contribution in [3.05, 3.63) is 24.0 Å². The van der Waals surface area contributed by atoms with E-state index in [9.17, 15) is 0 Å². The van der Waals surface area contributed by atoms with Crippen LogP contribution in [0.2, 0.25) is 0 Å². The first-order valence-electron chi connectivity index (χ1n) is 6.97. The van der Waals surface area contributed by atoms with Crippen LogP contribution in [0.25, 0.3) is 0 Å². The maximum atomic E-state index is 5.73. The lowest BCUT2D eigenvalue weighted by molar-refractivity contribution is 0.240. The maximum absolute atomic E-state index is 5.73. The Labute approximate surface area is 110 Å². The molecule has 0 bridgehead atoms. The average Bonchev–Trinajstić information content (AvgIpc) is 2.55. The minimum Gasteiger partial charge on any atom is -0.489 e. The fraction of sp³-hybridized carbons (Fsp3) is 0.667. The minimum absolute atomic E-state index is 0.0415. The maximum Gasteiger partial charge on any atom is 0.138 e. The van der Waals surface area contributed by atoms with Crippen molar-refractivity contribution in [2.24, 2.45) is 0 Å². The highest BCUT2D eigenvalue weighted by Gasteiger charge is 2.27. The van der Waals surface area contributed by atoms with E-state index in [1.807, 2.05) is 20.0 Å². The molecule has 1 aromatic heterocycles. The summed E-state index contributed by atoms with van der Waals surface area (Å²) in [5, 5.41) is 3.66. The summed E-state index contributed by atoms with van der Waals surface area (Å²) < 4.78 is 5.73. The predicted octanol–water partition coefficient (Wildman–Crippen LogP) is 3.25. The molecule has 1 saturated heterocycles. The fourth-order valence-electron chi connectivity index (χ4n) is 2.54. The molecule has 0 saturated carbocycles. The molecule has 0 aliphatic carbocycles. The summed E-state index contributed by atoms with van der Waals surface area (Å²) in [5.74, 6) is 0.870. The molecule has 1 aromatic rings. The molecule has 100 valence electrons. The van der Waals surface area contributed by atoms with E-state index in [-0.39, 0.29) is 11.6 Å². The minimum atomic E-state index is 0.0415. The Morgan fingerprint density at radius 2 is 2.11 bits per heavy atom. The number of pyridine rings is 1. The highest BCUT2D eigenvalue weighted by molar-refractivity contribution is 5.29. The molecule has 2 rings (SSSR count). The Morgan fingerprint density at radius 1 is 1.28 bits per heavy atom. The number of nitrogens with zero attached hydrogens (tertiary/aromatic N) is 1. The van der Waals surface area contributed by atoms with E-state index in [1.54, 1.807) is 6.20 Å². The monoisotopic (exact) mass is 248 g/mol. The Hall–Kier alpha value is -1.09. The lowest BCUT2D eigenvalue weighted by Crippen LogP contribution is -2.38. The Kier molecular flexibility index (Phi) is 4.23. The zero-order chi connectivity index (χ0) is 13.0. The van der Waals surface area contributed by atoms with Crippen molar-refractivity contribution < 1.29 is 4.74 Å². The van der Waals surface area contributed by atoms with Crippen LogP contribution < -0.4 is 10.1 Å². The summed E-state index contributed by atoms with van der Waals surface area (Å²) in [5.41, 5.74) is 1.28. The quantitative estimate of drug-likeness (QED) is 0.891. The van der Waals surface area contributed by atoms with Crippen molar-refractivity contribution in [1.82, 2.24) is 10.3 Å². The topological polar surface area (TPSA) is 34.1 Å². The zero-order valence-electron chi connectivity index (χ0n) is 11.7. The molecule has 0 radical (unpaired) electrons. The molecule has 1 fully saturated rings. The van der Waals surface area contributed by atoms with Gasteiger partial charge in [-0.05, 0) is 51.8 Å². The molecule has 0 aromatic carbocycles. The highest BCUT2D eigenvalue weighted by atomic mass is 16.5. The average molecular weight is 248 g/mol. The van der Waals surface area contributed by atoms with Gasteiger partial charge in [-0.2, -0.15) is 0 Å². The molecule has 1 N–H and O–H groups in total. The zero-order valence-corrected chi connectivity index (χ0v) is 11.7. The fourth-order valence-corrected chi connectivity index (χ4v) is 2.54. The molecule has 2 heterocycles. The normalized spacial score (nSPS) is 24.9. The van der Waals surface area contributed by atoms with Gasteiger partial charge in [-0.1, -0.05) is 12.8 Å². The summed E-state index contributed by atoms with van der Waals surface area (Å²) in [6.45, 7) is 7.44. The lowest BCUT2D eigenvalue weighted by atomic mass is 9.88. The SMILES string of the molecule is CC(C)Oc1cncc(C2(C)CCCCCN2)c1. The first-order valence-corrected chi connectivity index (χ1v) is 6.97. The largest absolute Gasteiger partial charge is 0.489 e. The van der Waals surface area contributed by atoms with Crippen molar-refractivity contribution in [1.29, 1.82) is 0 Å². The number of nitrogens with one attached hydrogen (secondary N) is 1. The van der Waals surface area contributed by atoms with Gasteiger partial charge in [-0.25, -0.2) is 0 Å². The van der Waals surface area contributed by atoms with Crippen molar-refractivity contribution in [3.8, 4) is 5.75 Å². The van der Waals surface area contributed by atoms with Crippen LogP contribution >= 0.6 is 0 Å². The van der Waals surface area contributed by atoms with Gasteiger partial charge < -0.3 is 10.1 Å². The van der Waals surface area contributed by atoms with Crippen molar-refractivity contribution in [2.45, 2.75) is 58.1 Å². The lowest BCUT2D eigenvalue weighted by Gasteiger charge is -2.30. The van der Waals surface area contributed by atoms with E-state index in [1.165, 1.54) is 31.2 Å². The van der Waals surface area contributed by atoms with Crippen LogP contribution in [0.4, 0.5) is 0 Å². The smallest absolute Gasteiger partial charge is 0.138 e. The molecule has 3 heteroatoms.